The largest absolute Gasteiger partial charge is 0.481 e. The van der Waals surface area contributed by atoms with Crippen LogP contribution in [0.1, 0.15) is 30.4 Å². The van der Waals surface area contributed by atoms with E-state index in [4.69, 9.17) is 16.7 Å². The molecule has 0 radical (unpaired) electrons. The summed E-state index contributed by atoms with van der Waals surface area (Å²) < 4.78 is 0. The molecule has 3 N–H and O–H groups in total. The van der Waals surface area contributed by atoms with E-state index in [0.717, 1.165) is 16.7 Å². The van der Waals surface area contributed by atoms with Crippen molar-refractivity contribution < 1.29 is 14.7 Å². The first-order valence-electron chi connectivity index (χ1n) is 9.77. The van der Waals surface area contributed by atoms with Crippen LogP contribution in [-0.2, 0) is 4.79 Å². The average Bonchev–Trinajstić information content (AvgIpc) is 2.76. The molecule has 0 saturated carbocycles. The normalized spacial score (nSPS) is 11.1. The van der Waals surface area contributed by atoms with Crippen molar-refractivity contribution in [3.8, 4) is 0 Å². The lowest BCUT2D eigenvalue weighted by atomic mass is 9.97. The fraction of sp³-hybridized carbons (Fsp3) is 0.125. The Morgan fingerprint density at radius 2 is 1.71 bits per heavy atom. The molecule has 0 spiro atoms. The number of carboxylic acid groups (broad SMARTS) is 1. The van der Waals surface area contributed by atoms with Gasteiger partial charge in [0.2, 0.25) is 0 Å². The van der Waals surface area contributed by atoms with Crippen molar-refractivity contribution in [1.29, 1.82) is 0 Å². The quantitative estimate of drug-likeness (QED) is 0.375. The molecule has 0 aliphatic heterocycles. The second kappa shape index (κ2) is 10.9. The highest BCUT2D eigenvalue weighted by atomic mass is 35.5. The first-order valence-corrected chi connectivity index (χ1v) is 10.2. The Hall–Kier alpha value is -3.64. The van der Waals surface area contributed by atoms with Gasteiger partial charge in [0.25, 0.3) is 0 Å². The lowest BCUT2D eigenvalue weighted by molar-refractivity contribution is -0.137. The number of nitrogens with zero attached hydrogens (tertiary/aromatic N) is 1. The van der Waals surface area contributed by atoms with Crippen molar-refractivity contribution >= 4 is 40.5 Å². The van der Waals surface area contributed by atoms with E-state index >= 15 is 0 Å². The van der Waals surface area contributed by atoms with Crippen LogP contribution in [0.25, 0.3) is 5.57 Å². The van der Waals surface area contributed by atoms with Crippen molar-refractivity contribution in [1.82, 2.24) is 4.98 Å². The van der Waals surface area contributed by atoms with E-state index in [1.54, 1.807) is 42.7 Å². The Balaban J connectivity index is 1.76. The highest BCUT2D eigenvalue weighted by Gasteiger charge is 2.08. The fourth-order valence-corrected chi connectivity index (χ4v) is 3.14. The smallest absolute Gasteiger partial charge is 0.323 e. The number of benzene rings is 2. The number of carbonyl (C=O) groups excluding carboxylic acids is 1. The molecule has 0 atom stereocenters. The molecule has 1 aromatic heterocycles. The Morgan fingerprint density at radius 3 is 2.42 bits per heavy atom. The van der Waals surface area contributed by atoms with Crippen LogP contribution in [-0.4, -0.2) is 22.1 Å². The Bertz CT molecular complexity index is 1070. The van der Waals surface area contributed by atoms with E-state index in [9.17, 15) is 9.59 Å². The Labute approximate surface area is 185 Å². The SMILES string of the molecule is O=C(O)CCCC=C(c1cccnc1)c1cccc(NC(=O)Nc2ccc(Cl)cc2)c1. The van der Waals surface area contributed by atoms with Crippen molar-refractivity contribution in [3.63, 3.8) is 0 Å². The molecule has 0 aliphatic rings. The zero-order valence-electron chi connectivity index (χ0n) is 16.7. The number of hydrogen-bond acceptors (Lipinski definition) is 3. The standard InChI is InChI=1S/C24H22ClN3O3/c25-19-10-12-20(13-11-19)27-24(31)28-21-7-3-5-17(15-21)22(8-1-2-9-23(29)30)18-6-4-14-26-16-18/h3-8,10-16H,1-2,9H2,(H,29,30)(H2,27,28,31). The number of anilines is 2. The first kappa shape index (κ1) is 22.1. The highest BCUT2D eigenvalue weighted by Crippen LogP contribution is 2.26. The Morgan fingerprint density at radius 1 is 0.968 bits per heavy atom. The number of nitrogens with one attached hydrogen (secondary N) is 2. The predicted octanol–water partition coefficient (Wildman–Crippen LogP) is 6.07. The van der Waals surface area contributed by atoms with E-state index in [0.29, 0.717) is 29.2 Å². The number of aliphatic carboxylic acids is 1. The van der Waals surface area contributed by atoms with Gasteiger partial charge >= 0.3 is 12.0 Å². The van der Waals surface area contributed by atoms with Gasteiger partial charge in [-0.1, -0.05) is 35.9 Å². The molecule has 31 heavy (non-hydrogen) atoms. The van der Waals surface area contributed by atoms with Gasteiger partial charge in [-0.15, -0.1) is 0 Å². The monoisotopic (exact) mass is 435 g/mol. The zero-order valence-corrected chi connectivity index (χ0v) is 17.5. The van der Waals surface area contributed by atoms with Gasteiger partial charge in [-0.2, -0.15) is 0 Å². The summed E-state index contributed by atoms with van der Waals surface area (Å²) in [5, 5.41) is 15.1. The lowest BCUT2D eigenvalue weighted by Gasteiger charge is -2.12. The third kappa shape index (κ3) is 6.97. The van der Waals surface area contributed by atoms with Crippen LogP contribution in [0.3, 0.4) is 0 Å². The van der Waals surface area contributed by atoms with Crippen LogP contribution < -0.4 is 10.6 Å². The number of urea groups is 1. The van der Waals surface area contributed by atoms with Crippen molar-refractivity contribution in [3.05, 3.63) is 95.3 Å². The third-order valence-electron chi connectivity index (χ3n) is 4.45. The summed E-state index contributed by atoms with van der Waals surface area (Å²) in [6.07, 6.45) is 6.74. The van der Waals surface area contributed by atoms with Crippen LogP contribution in [0.2, 0.25) is 5.02 Å². The Kier molecular flexibility index (Phi) is 7.79. The fourth-order valence-electron chi connectivity index (χ4n) is 3.02. The molecular formula is C24H22ClN3O3. The van der Waals surface area contributed by atoms with Crippen LogP contribution >= 0.6 is 11.6 Å². The molecule has 3 rings (SSSR count). The number of carboxylic acids is 1. The topological polar surface area (TPSA) is 91.3 Å². The van der Waals surface area contributed by atoms with E-state index in [2.05, 4.69) is 15.6 Å². The van der Waals surface area contributed by atoms with Gasteiger partial charge in [0.05, 0.1) is 0 Å². The summed E-state index contributed by atoms with van der Waals surface area (Å²) in [5.41, 5.74) is 4.00. The van der Waals surface area contributed by atoms with Gasteiger partial charge in [0.15, 0.2) is 0 Å². The molecule has 3 aromatic rings. The van der Waals surface area contributed by atoms with Crippen molar-refractivity contribution in [2.45, 2.75) is 19.3 Å². The van der Waals surface area contributed by atoms with E-state index in [1.165, 1.54) is 0 Å². The first-order chi connectivity index (χ1) is 15.0. The predicted molar refractivity (Wildman–Crippen MR) is 123 cm³/mol. The maximum atomic E-state index is 12.4. The van der Waals surface area contributed by atoms with Gasteiger partial charge in [-0.05, 0) is 66.4 Å². The summed E-state index contributed by atoms with van der Waals surface area (Å²) in [6.45, 7) is 0. The molecule has 0 aliphatic carbocycles. The second-order valence-electron chi connectivity index (χ2n) is 6.81. The van der Waals surface area contributed by atoms with Crippen molar-refractivity contribution in [2.24, 2.45) is 0 Å². The number of pyridine rings is 1. The molecule has 6 nitrogen and oxygen atoms in total. The van der Waals surface area contributed by atoms with Crippen molar-refractivity contribution in [2.75, 3.05) is 10.6 Å². The number of carbonyl (C=O) groups is 2. The van der Waals surface area contributed by atoms with Crippen LogP contribution in [0.5, 0.6) is 0 Å². The molecule has 0 bridgehead atoms. The molecule has 0 saturated heterocycles. The molecule has 7 heteroatoms. The number of aromatic nitrogens is 1. The summed E-state index contributed by atoms with van der Waals surface area (Å²) in [4.78, 5) is 27.3. The molecule has 0 unspecified atom stereocenters. The lowest BCUT2D eigenvalue weighted by Crippen LogP contribution is -2.19. The summed E-state index contributed by atoms with van der Waals surface area (Å²) in [5.74, 6) is -0.811. The van der Waals surface area contributed by atoms with E-state index in [1.807, 2.05) is 36.4 Å². The average molecular weight is 436 g/mol. The maximum Gasteiger partial charge on any atom is 0.323 e. The minimum Gasteiger partial charge on any atom is -0.481 e. The minimum atomic E-state index is -0.811. The summed E-state index contributed by atoms with van der Waals surface area (Å²) in [7, 11) is 0. The number of halogens is 1. The van der Waals surface area contributed by atoms with Gasteiger partial charge in [-0.3, -0.25) is 9.78 Å². The molecular weight excluding hydrogens is 414 g/mol. The molecule has 1 heterocycles. The molecule has 2 amide bonds. The third-order valence-corrected chi connectivity index (χ3v) is 4.70. The van der Waals surface area contributed by atoms with E-state index in [-0.39, 0.29) is 12.5 Å². The number of rotatable bonds is 8. The van der Waals surface area contributed by atoms with Gasteiger partial charge < -0.3 is 15.7 Å². The molecule has 158 valence electrons. The second-order valence-corrected chi connectivity index (χ2v) is 7.25. The molecule has 0 fully saturated rings. The van der Waals surface area contributed by atoms with Crippen LogP contribution in [0.15, 0.2) is 79.1 Å². The number of allylic oxidation sites excluding steroid dienone is 1. The van der Waals surface area contributed by atoms with Gasteiger partial charge in [0.1, 0.15) is 0 Å². The van der Waals surface area contributed by atoms with Gasteiger partial charge in [0, 0.05) is 40.8 Å². The number of amides is 2. The maximum absolute atomic E-state index is 12.4. The number of unbranched alkanes of at least 4 members (excludes halogenated alkanes) is 1. The number of hydrogen-bond donors (Lipinski definition) is 3. The zero-order chi connectivity index (χ0) is 22.1. The summed E-state index contributed by atoms with van der Waals surface area (Å²) >= 11 is 5.87. The van der Waals surface area contributed by atoms with Crippen LogP contribution in [0.4, 0.5) is 16.2 Å². The minimum absolute atomic E-state index is 0.114. The summed E-state index contributed by atoms with van der Waals surface area (Å²) in [6, 6.07) is 17.7. The highest BCUT2D eigenvalue weighted by molar-refractivity contribution is 6.30. The van der Waals surface area contributed by atoms with Gasteiger partial charge in [-0.25, -0.2) is 4.79 Å². The molecule has 2 aromatic carbocycles. The van der Waals surface area contributed by atoms with Crippen LogP contribution in [0, 0.1) is 0 Å². The van der Waals surface area contributed by atoms with E-state index < -0.39 is 5.97 Å².